The van der Waals surface area contributed by atoms with Crippen molar-refractivity contribution in [2.45, 2.75) is 37.9 Å². The molecule has 1 fully saturated rings. The van der Waals surface area contributed by atoms with Crippen LogP contribution in [0.4, 0.5) is 8.78 Å². The molecule has 1 aromatic carbocycles. The third-order valence-corrected chi connectivity index (χ3v) is 5.80. The standard InChI is InChI=1S/C20H20F2N4O3/c1-9-11(20(28)26-13-2-3-24-14(7-23)18(9)13)6-17(27)25-15-8-29-16-5-10(21)4-12(22)19(15)16/h4-5,13-15,18,24H,2-3,6,8H2,1H3,(H,25,27)(H,26,28)/t13?,14?,15-,18?/m0/s1. The number of carbonyl (C=O) groups excluding carboxylic acids is 2. The lowest BCUT2D eigenvalue weighted by Crippen LogP contribution is -2.58. The van der Waals surface area contributed by atoms with Gasteiger partial charge >= 0.3 is 0 Å². The highest BCUT2D eigenvalue weighted by Gasteiger charge is 2.41. The lowest BCUT2D eigenvalue weighted by atomic mass is 9.76. The molecule has 7 nitrogen and oxygen atoms in total. The van der Waals surface area contributed by atoms with Crippen molar-refractivity contribution in [1.82, 2.24) is 16.0 Å². The van der Waals surface area contributed by atoms with Gasteiger partial charge in [-0.05, 0) is 19.9 Å². The summed E-state index contributed by atoms with van der Waals surface area (Å²) in [7, 11) is 0. The van der Waals surface area contributed by atoms with Crippen LogP contribution in [0.3, 0.4) is 0 Å². The van der Waals surface area contributed by atoms with Crippen molar-refractivity contribution >= 4 is 11.8 Å². The number of amides is 2. The molecule has 0 aliphatic carbocycles. The van der Waals surface area contributed by atoms with Gasteiger partial charge in [0, 0.05) is 29.7 Å². The fraction of sp³-hybridized carbons (Fsp3) is 0.450. The maximum absolute atomic E-state index is 14.1. The number of ether oxygens (including phenoxy) is 1. The van der Waals surface area contributed by atoms with Crippen molar-refractivity contribution in [3.8, 4) is 11.8 Å². The molecule has 1 aromatic rings. The molecular formula is C20H20F2N4O3. The average molecular weight is 402 g/mol. The summed E-state index contributed by atoms with van der Waals surface area (Å²) in [5, 5.41) is 18.1. The van der Waals surface area contributed by atoms with Crippen molar-refractivity contribution in [2.24, 2.45) is 5.92 Å². The average Bonchev–Trinajstić information content (AvgIpc) is 3.07. The zero-order valence-electron chi connectivity index (χ0n) is 15.7. The summed E-state index contributed by atoms with van der Waals surface area (Å²) in [5.74, 6) is -2.49. The zero-order chi connectivity index (χ0) is 20.7. The van der Waals surface area contributed by atoms with Gasteiger partial charge < -0.3 is 20.7 Å². The van der Waals surface area contributed by atoms with Crippen LogP contribution in [0.2, 0.25) is 0 Å². The van der Waals surface area contributed by atoms with E-state index < -0.39 is 29.6 Å². The minimum Gasteiger partial charge on any atom is -0.490 e. The molecule has 0 spiro atoms. The van der Waals surface area contributed by atoms with Gasteiger partial charge in [-0.3, -0.25) is 9.59 Å². The first-order valence-electron chi connectivity index (χ1n) is 9.43. The topological polar surface area (TPSA) is 103 Å². The van der Waals surface area contributed by atoms with Crippen molar-refractivity contribution in [3.63, 3.8) is 0 Å². The van der Waals surface area contributed by atoms with Crippen molar-refractivity contribution in [2.75, 3.05) is 13.2 Å². The normalized spacial score (nSPS) is 28.0. The Morgan fingerprint density at radius 1 is 1.41 bits per heavy atom. The van der Waals surface area contributed by atoms with E-state index in [0.717, 1.165) is 12.1 Å². The second-order valence-electron chi connectivity index (χ2n) is 7.52. The number of nitrogens with zero attached hydrogens (tertiary/aromatic N) is 1. The summed E-state index contributed by atoms with van der Waals surface area (Å²) in [6.45, 7) is 2.39. The Balaban J connectivity index is 1.52. The minimum absolute atomic E-state index is 0.0171. The van der Waals surface area contributed by atoms with E-state index >= 15 is 0 Å². The number of fused-ring (bicyclic) bond motifs is 2. The van der Waals surface area contributed by atoms with E-state index in [2.05, 4.69) is 22.0 Å². The zero-order valence-corrected chi connectivity index (χ0v) is 15.7. The van der Waals surface area contributed by atoms with E-state index in [1.54, 1.807) is 6.92 Å². The van der Waals surface area contributed by atoms with Gasteiger partial charge in [0.25, 0.3) is 0 Å². The summed E-state index contributed by atoms with van der Waals surface area (Å²) in [4.78, 5) is 25.1. The Bertz CT molecular complexity index is 956. The van der Waals surface area contributed by atoms with Crippen LogP contribution < -0.4 is 20.7 Å². The van der Waals surface area contributed by atoms with Gasteiger partial charge in [-0.25, -0.2) is 8.78 Å². The van der Waals surface area contributed by atoms with Crippen LogP contribution in [-0.2, 0) is 9.59 Å². The van der Waals surface area contributed by atoms with Gasteiger partial charge in [-0.1, -0.05) is 5.57 Å². The molecule has 3 unspecified atom stereocenters. The molecule has 0 bridgehead atoms. The van der Waals surface area contributed by atoms with Crippen LogP contribution in [0.5, 0.6) is 5.75 Å². The van der Waals surface area contributed by atoms with Crippen LogP contribution in [0.25, 0.3) is 0 Å². The Hall–Kier alpha value is -2.99. The second-order valence-corrected chi connectivity index (χ2v) is 7.52. The molecule has 0 radical (unpaired) electrons. The van der Waals surface area contributed by atoms with Gasteiger partial charge in [0.05, 0.1) is 24.1 Å². The molecule has 0 saturated carbocycles. The third kappa shape index (κ3) is 3.44. The monoisotopic (exact) mass is 402 g/mol. The number of nitrogens with one attached hydrogen (secondary N) is 3. The molecule has 3 aliphatic heterocycles. The molecule has 3 aliphatic rings. The first kappa shape index (κ1) is 19.3. The van der Waals surface area contributed by atoms with Gasteiger partial charge in [-0.15, -0.1) is 0 Å². The molecule has 0 aromatic heterocycles. The van der Waals surface area contributed by atoms with Crippen LogP contribution >= 0.6 is 0 Å². The summed E-state index contributed by atoms with van der Waals surface area (Å²) in [6.07, 6.45) is 0.505. The smallest absolute Gasteiger partial charge is 0.247 e. The number of nitriles is 1. The SMILES string of the molecule is CC1=C(CC(=O)N[C@H]2COc3cc(F)cc(F)c32)C(=O)NC2CCNC(C#N)C12. The largest absolute Gasteiger partial charge is 0.490 e. The molecule has 3 heterocycles. The molecule has 1 saturated heterocycles. The molecular weight excluding hydrogens is 382 g/mol. The maximum Gasteiger partial charge on any atom is 0.247 e. The van der Waals surface area contributed by atoms with Crippen molar-refractivity contribution < 1.29 is 23.1 Å². The minimum atomic E-state index is -0.790. The van der Waals surface area contributed by atoms with E-state index in [0.29, 0.717) is 24.1 Å². The van der Waals surface area contributed by atoms with Gasteiger partial charge in [0.15, 0.2) is 0 Å². The third-order valence-electron chi connectivity index (χ3n) is 5.80. The summed E-state index contributed by atoms with van der Waals surface area (Å²) >= 11 is 0. The molecule has 152 valence electrons. The van der Waals surface area contributed by atoms with Gasteiger partial charge in [0.2, 0.25) is 11.8 Å². The van der Waals surface area contributed by atoms with E-state index in [4.69, 9.17) is 4.74 Å². The quantitative estimate of drug-likeness (QED) is 0.706. The highest BCUT2D eigenvalue weighted by atomic mass is 19.1. The lowest BCUT2D eigenvalue weighted by Gasteiger charge is -2.41. The Morgan fingerprint density at radius 2 is 2.21 bits per heavy atom. The number of rotatable bonds is 3. The first-order valence-corrected chi connectivity index (χ1v) is 9.43. The van der Waals surface area contributed by atoms with E-state index in [1.807, 2.05) is 0 Å². The van der Waals surface area contributed by atoms with Crippen molar-refractivity contribution in [3.05, 3.63) is 40.5 Å². The summed E-state index contributed by atoms with van der Waals surface area (Å²) < 4.78 is 32.7. The van der Waals surface area contributed by atoms with Crippen LogP contribution in [0.15, 0.2) is 23.3 Å². The van der Waals surface area contributed by atoms with Gasteiger partial charge in [0.1, 0.15) is 30.0 Å². The number of piperidine rings is 1. The molecule has 4 rings (SSSR count). The first-order chi connectivity index (χ1) is 13.9. The van der Waals surface area contributed by atoms with E-state index in [1.165, 1.54) is 0 Å². The Kier molecular flexibility index (Phi) is 4.96. The highest BCUT2D eigenvalue weighted by Crippen LogP contribution is 2.36. The number of halogens is 2. The predicted octanol–water partition coefficient (Wildman–Crippen LogP) is 1.22. The molecule has 29 heavy (non-hydrogen) atoms. The number of carbonyl (C=O) groups is 2. The van der Waals surface area contributed by atoms with E-state index in [9.17, 15) is 23.6 Å². The Labute approximate surface area is 166 Å². The molecule has 9 heteroatoms. The fourth-order valence-corrected chi connectivity index (χ4v) is 4.42. The predicted molar refractivity (Wildman–Crippen MR) is 97.5 cm³/mol. The number of hydrogen-bond donors (Lipinski definition) is 3. The summed E-state index contributed by atoms with van der Waals surface area (Å²) in [5.41, 5.74) is 1.12. The molecule has 2 amide bonds. The Morgan fingerprint density at radius 3 is 2.97 bits per heavy atom. The fourth-order valence-electron chi connectivity index (χ4n) is 4.42. The highest BCUT2D eigenvalue weighted by molar-refractivity contribution is 6.00. The van der Waals surface area contributed by atoms with Crippen LogP contribution in [0, 0.1) is 28.9 Å². The number of benzene rings is 1. The van der Waals surface area contributed by atoms with Crippen LogP contribution in [-0.4, -0.2) is 37.0 Å². The van der Waals surface area contributed by atoms with E-state index in [-0.39, 0.29) is 42.2 Å². The lowest BCUT2D eigenvalue weighted by molar-refractivity contribution is -0.124. The summed E-state index contributed by atoms with van der Waals surface area (Å²) in [6, 6.07) is 2.69. The second kappa shape index (κ2) is 7.44. The molecule has 4 atom stereocenters. The van der Waals surface area contributed by atoms with Crippen molar-refractivity contribution in [1.29, 1.82) is 5.26 Å². The van der Waals surface area contributed by atoms with Crippen LogP contribution in [0.1, 0.15) is 31.4 Å². The maximum atomic E-state index is 14.1. The number of hydrogen-bond acceptors (Lipinski definition) is 5. The molecule has 3 N–H and O–H groups in total. The van der Waals surface area contributed by atoms with Gasteiger partial charge in [-0.2, -0.15) is 5.26 Å².